The maximum Gasteiger partial charge on any atom is 0.411 e. The van der Waals surface area contributed by atoms with Gasteiger partial charge >= 0.3 is 24.2 Å². The molecule has 0 atom stereocenters. The molecule has 1 heterocycles. The van der Waals surface area contributed by atoms with Crippen molar-refractivity contribution >= 4 is 59.2 Å². The van der Waals surface area contributed by atoms with Gasteiger partial charge in [0.1, 0.15) is 11.6 Å². The Morgan fingerprint density at radius 1 is 0.667 bits per heavy atom. The van der Waals surface area contributed by atoms with E-state index in [1.807, 2.05) is 48.5 Å². The highest BCUT2D eigenvalue weighted by atomic mass is 16.6. The summed E-state index contributed by atoms with van der Waals surface area (Å²) in [5.74, 6) is 0.552. The van der Waals surface area contributed by atoms with Crippen molar-refractivity contribution in [2.75, 3.05) is 47.6 Å². The number of rotatable bonds is 14. The fraction of sp³-hybridized carbons (Fsp3) is 0.190. The molecule has 4 aromatic carbocycles. The minimum Gasteiger partial charge on any atom is -0.449 e. The fourth-order valence-electron chi connectivity index (χ4n) is 6.76. The van der Waals surface area contributed by atoms with Crippen LogP contribution in [-0.4, -0.2) is 66.6 Å². The van der Waals surface area contributed by atoms with Gasteiger partial charge in [-0.1, -0.05) is 24.3 Å². The van der Waals surface area contributed by atoms with E-state index in [0.29, 0.717) is 48.5 Å². The van der Waals surface area contributed by atoms with Crippen LogP contribution in [0.5, 0.6) is 5.75 Å². The van der Waals surface area contributed by atoms with E-state index in [2.05, 4.69) is 46.9 Å². The Balaban J connectivity index is 0.740. The first-order valence-electron chi connectivity index (χ1n) is 18.7. The number of isocyanates is 1. The first-order valence-corrected chi connectivity index (χ1v) is 18.7. The summed E-state index contributed by atoms with van der Waals surface area (Å²) < 4.78 is 15.4. The molecule has 18 nitrogen and oxygen atoms in total. The average molecular weight is 809 g/mol. The zero-order valence-corrected chi connectivity index (χ0v) is 31.8. The second-order valence-electron chi connectivity index (χ2n) is 13.4. The number of hydrogen-bond acceptors (Lipinski definition) is 12. The topological polar surface area (TPSA) is 247 Å². The summed E-state index contributed by atoms with van der Waals surface area (Å²) in [6.07, 6.45) is 5.25. The lowest BCUT2D eigenvalue weighted by molar-refractivity contribution is 0.159. The Morgan fingerprint density at radius 2 is 1.22 bits per heavy atom. The lowest BCUT2D eigenvalue weighted by Gasteiger charge is -2.10. The van der Waals surface area contributed by atoms with Gasteiger partial charge in [-0.2, -0.15) is 9.98 Å². The lowest BCUT2D eigenvalue weighted by atomic mass is 10.1. The number of anilines is 4. The minimum atomic E-state index is -0.637. The smallest absolute Gasteiger partial charge is 0.411 e. The quantitative estimate of drug-likeness (QED) is 0.0283. The molecule has 6 amide bonds. The van der Waals surface area contributed by atoms with E-state index >= 15 is 0 Å². The maximum atomic E-state index is 12.4. The van der Waals surface area contributed by atoms with Gasteiger partial charge in [-0.25, -0.2) is 29.0 Å². The number of ether oxygens (including phenoxy) is 3. The molecule has 0 radical (unpaired) electrons. The van der Waals surface area contributed by atoms with E-state index in [4.69, 9.17) is 19.5 Å². The van der Waals surface area contributed by atoms with Gasteiger partial charge in [-0.05, 0) is 125 Å². The lowest BCUT2D eigenvalue weighted by Crippen LogP contribution is -2.32. The third-order valence-corrected chi connectivity index (χ3v) is 9.35. The zero-order chi connectivity index (χ0) is 41.8. The van der Waals surface area contributed by atoms with Crippen molar-refractivity contribution < 1.29 is 38.2 Å². The van der Waals surface area contributed by atoms with Gasteiger partial charge in [0.05, 0.1) is 18.9 Å². The van der Waals surface area contributed by atoms with Crippen molar-refractivity contribution in [1.82, 2.24) is 20.6 Å². The Morgan fingerprint density at radius 3 is 1.82 bits per heavy atom. The summed E-state index contributed by atoms with van der Waals surface area (Å²) in [5.41, 5.74) is 9.96. The van der Waals surface area contributed by atoms with Crippen LogP contribution >= 0.6 is 0 Å². The average Bonchev–Trinajstić information content (AvgIpc) is 3.77. The normalized spacial score (nSPS) is 11.2. The standard InChI is InChI=1S/C42H36N10O8/c43-23-60-32-6-10-36-28(22-32)18-27-21-31(5-9-35(27)36)49-42(57)59-16-2-13-46-40(55)52-38-44-14-11-37(50-38)51-39(54)45-12-1-15-58-41(56)48-30-4-8-34-26(20-30)17-25-19-29(47-24-53)3-7-33(25)34/h3-11,14,19-22H,1-2,12-13,15-18H2,(H,48,56)(H,49,57)(H4,44,45,46,50,51,52,54,55). The number of benzene rings is 4. The van der Waals surface area contributed by atoms with Crippen molar-refractivity contribution in [1.29, 1.82) is 5.26 Å². The number of urea groups is 2. The van der Waals surface area contributed by atoms with Crippen molar-refractivity contribution in [2.45, 2.75) is 25.7 Å². The molecule has 7 rings (SSSR count). The molecule has 6 N–H and O–H groups in total. The van der Waals surface area contributed by atoms with Crippen LogP contribution in [0.4, 0.5) is 48.0 Å². The van der Waals surface area contributed by atoms with Gasteiger partial charge in [0.15, 0.2) is 0 Å². The minimum absolute atomic E-state index is 0.0451. The van der Waals surface area contributed by atoms with E-state index in [0.717, 1.165) is 44.5 Å². The van der Waals surface area contributed by atoms with Gasteiger partial charge < -0.3 is 24.8 Å². The Kier molecular flexibility index (Phi) is 12.5. The molecular weight excluding hydrogens is 773 g/mol. The predicted octanol–water partition coefficient (Wildman–Crippen LogP) is 6.97. The number of aromatic nitrogens is 2. The molecule has 5 aromatic rings. The third kappa shape index (κ3) is 10.2. The second kappa shape index (κ2) is 18.8. The van der Waals surface area contributed by atoms with E-state index in [1.54, 1.807) is 36.6 Å². The number of nitrogens with zero attached hydrogens (tertiary/aromatic N) is 4. The Labute approximate surface area is 342 Å². The first-order chi connectivity index (χ1) is 29.2. The fourth-order valence-corrected chi connectivity index (χ4v) is 6.76. The maximum absolute atomic E-state index is 12.4. The monoisotopic (exact) mass is 808 g/mol. The molecule has 0 bridgehead atoms. The number of nitriles is 1. The Bertz CT molecular complexity index is 2570. The van der Waals surface area contributed by atoms with Crippen LogP contribution < -0.4 is 36.6 Å². The molecule has 0 fully saturated rings. The summed E-state index contributed by atoms with van der Waals surface area (Å²) in [7, 11) is 0. The van der Waals surface area contributed by atoms with Crippen LogP contribution in [0.15, 0.2) is 90.1 Å². The molecular formula is C42H36N10O8. The predicted molar refractivity (Wildman–Crippen MR) is 219 cm³/mol. The first kappa shape index (κ1) is 39.9. The number of fused-ring (bicyclic) bond motifs is 6. The van der Waals surface area contributed by atoms with Gasteiger partial charge in [-0.3, -0.25) is 21.3 Å². The number of carbonyl (C=O) groups is 4. The van der Waals surface area contributed by atoms with Crippen molar-refractivity contribution in [3.05, 3.63) is 107 Å². The number of nitrogens with one attached hydrogen (secondary N) is 6. The summed E-state index contributed by atoms with van der Waals surface area (Å²) in [6.45, 7) is 0.477. The molecule has 0 spiro atoms. The number of amides is 6. The second-order valence-corrected chi connectivity index (χ2v) is 13.4. The number of carbonyl (C=O) groups excluding carboxylic acids is 5. The van der Waals surface area contributed by atoms with Gasteiger partial charge in [-0.15, -0.1) is 5.26 Å². The van der Waals surface area contributed by atoms with E-state index in [-0.39, 0.29) is 38.1 Å². The SMILES string of the molecule is N#COc1ccc2c(c1)Cc1cc(NC(=O)OCCCNC(=O)Nc3nccc(NC(=O)NCCCOC(=O)Nc4ccc5c(c4)Cc4cc(N=C=O)ccc4-5)n3)ccc1-2. The number of hydrogen-bond donors (Lipinski definition) is 6. The third-order valence-electron chi connectivity index (χ3n) is 9.35. The van der Waals surface area contributed by atoms with Crippen LogP contribution in [0, 0.1) is 11.5 Å². The van der Waals surface area contributed by atoms with Gasteiger partial charge in [0.2, 0.25) is 12.0 Å². The molecule has 2 aliphatic rings. The summed E-state index contributed by atoms with van der Waals surface area (Å²) in [6, 6.07) is 22.4. The van der Waals surface area contributed by atoms with Crippen LogP contribution in [0.25, 0.3) is 22.3 Å². The summed E-state index contributed by atoms with van der Waals surface area (Å²) in [4.78, 5) is 71.9. The number of aliphatic imine (C=N–C) groups is 1. The molecule has 0 saturated carbocycles. The van der Waals surface area contributed by atoms with Crippen molar-refractivity contribution in [2.24, 2.45) is 4.99 Å². The van der Waals surface area contributed by atoms with Crippen LogP contribution in [0.3, 0.4) is 0 Å². The highest BCUT2D eigenvalue weighted by Crippen LogP contribution is 2.40. The molecule has 0 unspecified atom stereocenters. The summed E-state index contributed by atoms with van der Waals surface area (Å²) in [5, 5.41) is 24.5. The molecule has 0 saturated heterocycles. The van der Waals surface area contributed by atoms with Gasteiger partial charge in [0, 0.05) is 30.7 Å². The van der Waals surface area contributed by atoms with E-state index in [1.165, 1.54) is 12.3 Å². The van der Waals surface area contributed by atoms with Crippen molar-refractivity contribution in [3.63, 3.8) is 0 Å². The molecule has 18 heteroatoms. The molecule has 1 aromatic heterocycles. The zero-order valence-electron chi connectivity index (χ0n) is 31.8. The highest BCUT2D eigenvalue weighted by molar-refractivity contribution is 5.90. The van der Waals surface area contributed by atoms with Crippen LogP contribution in [0.1, 0.15) is 35.1 Å². The van der Waals surface area contributed by atoms with Crippen LogP contribution in [-0.2, 0) is 27.1 Å². The Hall–Kier alpha value is -8.29. The van der Waals surface area contributed by atoms with Crippen molar-refractivity contribution in [3.8, 4) is 34.3 Å². The summed E-state index contributed by atoms with van der Waals surface area (Å²) >= 11 is 0. The van der Waals surface area contributed by atoms with E-state index < -0.39 is 24.2 Å². The van der Waals surface area contributed by atoms with Gasteiger partial charge in [0.25, 0.3) is 6.26 Å². The largest absolute Gasteiger partial charge is 0.449 e. The van der Waals surface area contributed by atoms with E-state index in [9.17, 15) is 24.0 Å². The van der Waals surface area contributed by atoms with Crippen LogP contribution in [0.2, 0.25) is 0 Å². The molecule has 60 heavy (non-hydrogen) atoms. The highest BCUT2D eigenvalue weighted by Gasteiger charge is 2.21. The molecule has 2 aliphatic carbocycles. The molecule has 302 valence electrons. The molecule has 0 aliphatic heterocycles.